The fourth-order valence-corrected chi connectivity index (χ4v) is 5.19. The number of piperidine rings is 1. The Kier molecular flexibility index (Phi) is 3.60. The summed E-state index contributed by atoms with van der Waals surface area (Å²) in [6.45, 7) is 4.13. The zero-order chi connectivity index (χ0) is 17.8. The maximum atomic E-state index is 12.3. The zero-order valence-electron chi connectivity index (χ0n) is 15.2. The van der Waals surface area contributed by atoms with E-state index in [1.165, 1.54) is 29.3 Å². The molecule has 5 rings (SSSR count). The van der Waals surface area contributed by atoms with Crippen molar-refractivity contribution in [3.05, 3.63) is 47.4 Å². The fraction of sp³-hybridized carbons (Fsp3) is 0.476. The number of methoxy groups -OCH3 is 1. The van der Waals surface area contributed by atoms with Crippen LogP contribution in [0.25, 0.3) is 10.9 Å². The maximum Gasteiger partial charge on any atom is 0.337 e. The van der Waals surface area contributed by atoms with Gasteiger partial charge in [0, 0.05) is 41.5 Å². The third-order valence-corrected chi connectivity index (χ3v) is 6.54. The first-order valence-corrected chi connectivity index (χ1v) is 9.44. The minimum absolute atomic E-state index is 0.124. The third-order valence-electron chi connectivity index (χ3n) is 6.54. The molecule has 1 fully saturated rings. The van der Waals surface area contributed by atoms with Crippen molar-refractivity contribution < 1.29 is 14.3 Å². The van der Waals surface area contributed by atoms with Gasteiger partial charge in [0.25, 0.3) is 0 Å². The van der Waals surface area contributed by atoms with Gasteiger partial charge < -0.3 is 14.5 Å². The molecule has 0 aliphatic carbocycles. The maximum absolute atomic E-state index is 12.3. The van der Waals surface area contributed by atoms with Gasteiger partial charge in [0.2, 0.25) is 0 Å². The SMILES string of the molecule is COC(=O)C1=CO[C@H](C)[C@H]2CN3CCc4c([nH]c5ccccc45)C3CC12. The van der Waals surface area contributed by atoms with Crippen LogP contribution in [0.1, 0.15) is 30.6 Å². The molecule has 1 aromatic heterocycles. The van der Waals surface area contributed by atoms with Crippen molar-refractivity contribution in [1.82, 2.24) is 9.88 Å². The van der Waals surface area contributed by atoms with Crippen LogP contribution in [0, 0.1) is 11.8 Å². The summed E-state index contributed by atoms with van der Waals surface area (Å²) in [6.07, 6.45) is 3.77. The summed E-state index contributed by atoms with van der Waals surface area (Å²) in [6, 6.07) is 8.88. The summed E-state index contributed by atoms with van der Waals surface area (Å²) >= 11 is 0. The van der Waals surface area contributed by atoms with E-state index in [0.29, 0.717) is 17.5 Å². The van der Waals surface area contributed by atoms with Gasteiger partial charge in [-0.05, 0) is 31.4 Å². The summed E-state index contributed by atoms with van der Waals surface area (Å²) in [5.74, 6) is 0.258. The van der Waals surface area contributed by atoms with Gasteiger partial charge in [-0.15, -0.1) is 0 Å². The molecule has 136 valence electrons. The molecule has 26 heavy (non-hydrogen) atoms. The molecule has 1 aromatic carbocycles. The number of aromatic nitrogens is 1. The Hall–Kier alpha value is -2.27. The standard InChI is InChI=1S/C21H24N2O3/c1-12-16-10-23-8-7-14-13-5-3-4-6-18(13)22-20(14)19(23)9-15(16)17(11-26-12)21(24)25-2/h3-6,11-12,15-16,19,22H,7-10H2,1-2H3/t12-,15?,16-,19?/m1/s1. The van der Waals surface area contributed by atoms with E-state index in [2.05, 4.69) is 41.1 Å². The summed E-state index contributed by atoms with van der Waals surface area (Å²) < 4.78 is 10.8. The number of esters is 1. The van der Waals surface area contributed by atoms with Crippen molar-refractivity contribution in [2.75, 3.05) is 20.2 Å². The molecule has 5 heteroatoms. The lowest BCUT2D eigenvalue weighted by Gasteiger charge is -2.49. The van der Waals surface area contributed by atoms with Crippen LogP contribution in [-0.4, -0.2) is 42.2 Å². The molecular weight excluding hydrogens is 328 g/mol. The Morgan fingerprint density at radius 3 is 3.04 bits per heavy atom. The molecule has 4 atom stereocenters. The lowest BCUT2D eigenvalue weighted by Crippen LogP contribution is -2.51. The quantitative estimate of drug-likeness (QED) is 0.801. The number of nitrogens with one attached hydrogen (secondary N) is 1. The first-order chi connectivity index (χ1) is 12.7. The van der Waals surface area contributed by atoms with Crippen LogP contribution < -0.4 is 0 Å². The van der Waals surface area contributed by atoms with Gasteiger partial charge in [0.05, 0.1) is 31.1 Å². The van der Waals surface area contributed by atoms with E-state index in [0.717, 1.165) is 25.9 Å². The van der Waals surface area contributed by atoms with Crippen LogP contribution in [0.15, 0.2) is 36.1 Å². The second-order valence-corrected chi connectivity index (χ2v) is 7.74. The number of ether oxygens (including phenoxy) is 2. The minimum atomic E-state index is -0.256. The topological polar surface area (TPSA) is 54.6 Å². The molecule has 0 radical (unpaired) electrons. The van der Waals surface area contributed by atoms with Gasteiger partial charge in [-0.25, -0.2) is 4.79 Å². The highest BCUT2D eigenvalue weighted by atomic mass is 16.5. The number of hydrogen-bond donors (Lipinski definition) is 1. The predicted octanol–water partition coefficient (Wildman–Crippen LogP) is 3.18. The smallest absolute Gasteiger partial charge is 0.337 e. The van der Waals surface area contributed by atoms with Crippen LogP contribution in [0.5, 0.6) is 0 Å². The molecule has 5 nitrogen and oxygen atoms in total. The monoisotopic (exact) mass is 352 g/mol. The van der Waals surface area contributed by atoms with Crippen LogP contribution in [0.2, 0.25) is 0 Å². The molecule has 2 aromatic rings. The minimum Gasteiger partial charge on any atom is -0.497 e. The van der Waals surface area contributed by atoms with E-state index in [4.69, 9.17) is 9.47 Å². The van der Waals surface area contributed by atoms with Crippen molar-refractivity contribution in [1.29, 1.82) is 0 Å². The van der Waals surface area contributed by atoms with Gasteiger partial charge in [-0.2, -0.15) is 0 Å². The van der Waals surface area contributed by atoms with E-state index in [9.17, 15) is 4.79 Å². The van der Waals surface area contributed by atoms with E-state index in [1.54, 1.807) is 6.26 Å². The Bertz CT molecular complexity index is 900. The Balaban J connectivity index is 1.55. The fourth-order valence-electron chi connectivity index (χ4n) is 5.19. The molecule has 3 aliphatic rings. The molecule has 4 heterocycles. The summed E-state index contributed by atoms with van der Waals surface area (Å²) in [4.78, 5) is 18.5. The van der Waals surface area contributed by atoms with Gasteiger partial charge >= 0.3 is 5.97 Å². The highest BCUT2D eigenvalue weighted by Gasteiger charge is 2.46. The highest BCUT2D eigenvalue weighted by molar-refractivity contribution is 5.89. The van der Waals surface area contributed by atoms with Gasteiger partial charge in [0.1, 0.15) is 0 Å². The predicted molar refractivity (Wildman–Crippen MR) is 98.6 cm³/mol. The average molecular weight is 352 g/mol. The molecule has 1 N–H and O–H groups in total. The number of rotatable bonds is 1. The van der Waals surface area contributed by atoms with Crippen LogP contribution in [0.3, 0.4) is 0 Å². The van der Waals surface area contributed by atoms with E-state index in [1.807, 2.05) is 0 Å². The van der Waals surface area contributed by atoms with Crippen molar-refractivity contribution >= 4 is 16.9 Å². The summed E-state index contributed by atoms with van der Waals surface area (Å²) in [5, 5.41) is 1.34. The van der Waals surface area contributed by atoms with Crippen LogP contribution in [0.4, 0.5) is 0 Å². The number of para-hydroxylation sites is 1. The number of carbonyl (C=O) groups excluding carboxylic acids is 1. The Morgan fingerprint density at radius 1 is 1.35 bits per heavy atom. The Labute approximate surface area is 153 Å². The number of carbonyl (C=O) groups is 1. The van der Waals surface area contributed by atoms with Gasteiger partial charge in [-0.1, -0.05) is 18.2 Å². The van der Waals surface area contributed by atoms with Gasteiger partial charge in [-0.3, -0.25) is 4.90 Å². The lowest BCUT2D eigenvalue weighted by molar-refractivity contribution is -0.139. The normalized spacial score (nSPS) is 30.6. The van der Waals surface area contributed by atoms with E-state index < -0.39 is 0 Å². The number of aromatic amines is 1. The van der Waals surface area contributed by atoms with Crippen molar-refractivity contribution in [3.8, 4) is 0 Å². The molecule has 0 bridgehead atoms. The van der Waals surface area contributed by atoms with Crippen LogP contribution >= 0.6 is 0 Å². The zero-order valence-corrected chi connectivity index (χ0v) is 15.2. The second-order valence-electron chi connectivity index (χ2n) is 7.74. The molecular formula is C21H24N2O3. The number of H-pyrrole nitrogens is 1. The second kappa shape index (κ2) is 5.88. The first kappa shape index (κ1) is 15.9. The van der Waals surface area contributed by atoms with Crippen LogP contribution in [-0.2, 0) is 20.7 Å². The van der Waals surface area contributed by atoms with Gasteiger partial charge in [0.15, 0.2) is 0 Å². The van der Waals surface area contributed by atoms with Crippen molar-refractivity contribution in [2.24, 2.45) is 11.8 Å². The number of nitrogens with zero attached hydrogens (tertiary/aromatic N) is 1. The average Bonchev–Trinajstić information content (AvgIpc) is 3.06. The molecule has 3 aliphatic heterocycles. The van der Waals surface area contributed by atoms with E-state index in [-0.39, 0.29) is 18.0 Å². The van der Waals surface area contributed by atoms with Crippen molar-refractivity contribution in [3.63, 3.8) is 0 Å². The molecule has 1 saturated heterocycles. The molecule has 0 spiro atoms. The summed E-state index contributed by atoms with van der Waals surface area (Å²) in [7, 11) is 1.45. The van der Waals surface area contributed by atoms with Crippen molar-refractivity contribution in [2.45, 2.75) is 31.9 Å². The molecule has 0 amide bonds. The molecule has 2 unspecified atom stereocenters. The molecule has 0 saturated carbocycles. The number of fused-ring (bicyclic) bond motifs is 6. The van der Waals surface area contributed by atoms with E-state index >= 15 is 0 Å². The third kappa shape index (κ3) is 2.23. The Morgan fingerprint density at radius 2 is 2.19 bits per heavy atom. The largest absolute Gasteiger partial charge is 0.497 e. The number of hydrogen-bond acceptors (Lipinski definition) is 4. The lowest BCUT2D eigenvalue weighted by atomic mass is 9.72. The summed E-state index contributed by atoms with van der Waals surface area (Å²) in [5.41, 5.74) is 4.69. The number of benzene rings is 1. The highest BCUT2D eigenvalue weighted by Crippen LogP contribution is 2.47. The first-order valence-electron chi connectivity index (χ1n) is 9.44.